The molecule has 2 heterocycles. The highest BCUT2D eigenvalue weighted by atomic mass is 32.2. The zero-order valence-corrected chi connectivity index (χ0v) is 12.6. The number of nitrogens with zero attached hydrogens (tertiary/aromatic N) is 2. The second kappa shape index (κ2) is 6.15. The van der Waals surface area contributed by atoms with Crippen LogP contribution in [-0.2, 0) is 16.6 Å². The van der Waals surface area contributed by atoms with Gasteiger partial charge in [0.15, 0.2) is 5.82 Å². The molecule has 1 aromatic heterocycles. The molecule has 1 unspecified atom stereocenters. The lowest BCUT2D eigenvalue weighted by Crippen LogP contribution is -2.32. The first-order chi connectivity index (χ1) is 9.03. The Labute approximate surface area is 118 Å². The number of sulfonamides is 1. The molecule has 1 saturated heterocycles. The van der Waals surface area contributed by atoms with E-state index in [1.807, 2.05) is 18.7 Å². The maximum atomic E-state index is 12.2. The third kappa shape index (κ3) is 3.64. The molecule has 8 heteroatoms. The number of thioether (sulfide) groups is 1. The van der Waals surface area contributed by atoms with Gasteiger partial charge < -0.3 is 5.73 Å². The minimum absolute atomic E-state index is 0.0608. The molecule has 108 valence electrons. The molecule has 3 N–H and O–H groups in total. The van der Waals surface area contributed by atoms with E-state index in [-0.39, 0.29) is 10.7 Å². The van der Waals surface area contributed by atoms with Gasteiger partial charge >= 0.3 is 0 Å². The first-order valence-electron chi connectivity index (χ1n) is 6.47. The highest BCUT2D eigenvalue weighted by Crippen LogP contribution is 2.25. The molecule has 0 spiro atoms. The fourth-order valence-electron chi connectivity index (χ4n) is 2.04. The summed E-state index contributed by atoms with van der Waals surface area (Å²) in [4.78, 5) is 0.0789. The van der Waals surface area contributed by atoms with E-state index >= 15 is 0 Å². The number of nitrogen functional groups attached to an aromatic ring is 1. The Morgan fingerprint density at radius 3 is 2.95 bits per heavy atom. The summed E-state index contributed by atoms with van der Waals surface area (Å²) in [5.74, 6) is 1.17. The number of hydrogen-bond donors (Lipinski definition) is 2. The molecule has 6 nitrogen and oxygen atoms in total. The molecule has 2 rings (SSSR count). The molecule has 0 aliphatic carbocycles. The van der Waals surface area contributed by atoms with E-state index in [4.69, 9.17) is 5.73 Å². The van der Waals surface area contributed by atoms with Gasteiger partial charge in [0.2, 0.25) is 10.0 Å². The van der Waals surface area contributed by atoms with Crippen molar-refractivity contribution in [3.05, 3.63) is 6.20 Å². The highest BCUT2D eigenvalue weighted by molar-refractivity contribution is 8.00. The Morgan fingerprint density at radius 1 is 1.58 bits per heavy atom. The molecule has 1 atom stereocenters. The predicted molar refractivity (Wildman–Crippen MR) is 77.6 cm³/mol. The third-order valence-electron chi connectivity index (χ3n) is 3.14. The fourth-order valence-corrected chi connectivity index (χ4v) is 4.53. The Hall–Kier alpha value is -0.730. The van der Waals surface area contributed by atoms with Crippen LogP contribution in [0.15, 0.2) is 11.1 Å². The smallest absolute Gasteiger partial charge is 0.245 e. The van der Waals surface area contributed by atoms with Gasteiger partial charge in [0.1, 0.15) is 4.90 Å². The third-order valence-corrected chi connectivity index (χ3v) is 5.98. The number of aromatic nitrogens is 2. The van der Waals surface area contributed by atoms with Gasteiger partial charge in [-0.25, -0.2) is 13.1 Å². The topological polar surface area (TPSA) is 90.0 Å². The summed E-state index contributed by atoms with van der Waals surface area (Å²) in [7, 11) is -3.55. The van der Waals surface area contributed by atoms with Crippen molar-refractivity contribution in [1.82, 2.24) is 14.5 Å². The molecular weight excluding hydrogens is 284 g/mol. The van der Waals surface area contributed by atoms with Crippen molar-refractivity contribution in [2.24, 2.45) is 0 Å². The van der Waals surface area contributed by atoms with Crippen LogP contribution in [0.4, 0.5) is 5.82 Å². The molecule has 0 radical (unpaired) electrons. The Kier molecular flexibility index (Phi) is 4.75. The lowest BCUT2D eigenvalue weighted by Gasteiger charge is -2.21. The molecule has 1 aromatic rings. The molecule has 0 bridgehead atoms. The predicted octanol–water partition coefficient (Wildman–Crippen LogP) is 1.05. The number of rotatable bonds is 5. The lowest BCUT2D eigenvalue weighted by atomic mass is 10.2. The van der Waals surface area contributed by atoms with E-state index in [0.29, 0.717) is 18.3 Å². The highest BCUT2D eigenvalue weighted by Gasteiger charge is 2.23. The number of anilines is 1. The van der Waals surface area contributed by atoms with E-state index in [0.717, 1.165) is 12.2 Å². The fraction of sp³-hybridized carbons (Fsp3) is 0.727. The maximum Gasteiger partial charge on any atom is 0.245 e. The molecule has 0 aromatic carbocycles. The van der Waals surface area contributed by atoms with Crippen LogP contribution in [0.2, 0.25) is 0 Å². The van der Waals surface area contributed by atoms with Crippen molar-refractivity contribution in [1.29, 1.82) is 0 Å². The summed E-state index contributed by atoms with van der Waals surface area (Å²) in [5, 5.41) is 4.33. The quantitative estimate of drug-likeness (QED) is 0.848. The van der Waals surface area contributed by atoms with E-state index in [1.165, 1.54) is 23.7 Å². The van der Waals surface area contributed by atoms with Crippen LogP contribution in [0, 0.1) is 0 Å². The largest absolute Gasteiger partial charge is 0.381 e. The SMILES string of the molecule is CCn1cc(S(=O)(=O)NCC2CCCCS2)c(N)n1. The van der Waals surface area contributed by atoms with Crippen molar-refractivity contribution in [3.8, 4) is 0 Å². The van der Waals surface area contributed by atoms with E-state index in [9.17, 15) is 8.42 Å². The molecule has 1 aliphatic rings. The molecule has 1 fully saturated rings. The monoisotopic (exact) mass is 304 g/mol. The van der Waals surface area contributed by atoms with Crippen LogP contribution in [0.1, 0.15) is 26.2 Å². The van der Waals surface area contributed by atoms with Crippen LogP contribution in [-0.4, -0.2) is 35.7 Å². The van der Waals surface area contributed by atoms with Crippen molar-refractivity contribution in [3.63, 3.8) is 0 Å². The Morgan fingerprint density at radius 2 is 2.37 bits per heavy atom. The zero-order chi connectivity index (χ0) is 13.9. The van der Waals surface area contributed by atoms with E-state index in [1.54, 1.807) is 0 Å². The van der Waals surface area contributed by atoms with Gasteiger partial charge in [0.05, 0.1) is 0 Å². The van der Waals surface area contributed by atoms with Crippen LogP contribution < -0.4 is 10.5 Å². The van der Waals surface area contributed by atoms with Crippen molar-refractivity contribution < 1.29 is 8.42 Å². The molecule has 1 aliphatic heterocycles. The van der Waals surface area contributed by atoms with Crippen LogP contribution in [0.25, 0.3) is 0 Å². The van der Waals surface area contributed by atoms with Crippen molar-refractivity contribution in [2.75, 3.05) is 18.0 Å². The van der Waals surface area contributed by atoms with Crippen molar-refractivity contribution >= 4 is 27.6 Å². The zero-order valence-electron chi connectivity index (χ0n) is 11.0. The second-order valence-electron chi connectivity index (χ2n) is 4.57. The van der Waals surface area contributed by atoms with Gasteiger partial charge in [0, 0.05) is 24.5 Å². The summed E-state index contributed by atoms with van der Waals surface area (Å²) >= 11 is 1.83. The first kappa shape index (κ1) is 14.7. The van der Waals surface area contributed by atoms with Crippen LogP contribution in [0.5, 0.6) is 0 Å². The standard InChI is InChI=1S/C11H20N4O2S2/c1-2-15-8-10(11(12)14-15)19(16,17)13-7-9-5-3-4-6-18-9/h8-9,13H,2-7H2,1H3,(H2,12,14). The van der Waals surface area contributed by atoms with E-state index < -0.39 is 10.0 Å². The molecule has 0 saturated carbocycles. The Balaban J connectivity index is 2.02. The van der Waals surface area contributed by atoms with E-state index in [2.05, 4.69) is 9.82 Å². The summed E-state index contributed by atoms with van der Waals surface area (Å²) in [6.45, 7) is 2.94. The van der Waals surface area contributed by atoms with Crippen molar-refractivity contribution in [2.45, 2.75) is 42.9 Å². The molecular formula is C11H20N4O2S2. The summed E-state index contributed by atoms with van der Waals surface area (Å²) in [5.41, 5.74) is 5.66. The Bertz CT molecular complexity index is 521. The van der Waals surface area contributed by atoms with Gasteiger partial charge in [-0.1, -0.05) is 6.42 Å². The maximum absolute atomic E-state index is 12.2. The summed E-state index contributed by atoms with van der Waals surface area (Å²) in [6.07, 6.45) is 4.95. The van der Waals surface area contributed by atoms with Gasteiger partial charge in [-0.2, -0.15) is 16.9 Å². The van der Waals surface area contributed by atoms with Gasteiger partial charge in [-0.3, -0.25) is 4.68 Å². The van der Waals surface area contributed by atoms with Gasteiger partial charge in [-0.05, 0) is 25.5 Å². The number of aryl methyl sites for hydroxylation is 1. The molecule has 19 heavy (non-hydrogen) atoms. The average Bonchev–Trinajstić information content (AvgIpc) is 2.80. The first-order valence-corrected chi connectivity index (χ1v) is 9.00. The number of nitrogens with one attached hydrogen (secondary N) is 1. The second-order valence-corrected chi connectivity index (χ2v) is 7.72. The van der Waals surface area contributed by atoms with Gasteiger partial charge in [0.25, 0.3) is 0 Å². The number of hydrogen-bond acceptors (Lipinski definition) is 5. The van der Waals surface area contributed by atoms with Gasteiger partial charge in [-0.15, -0.1) is 0 Å². The number of nitrogens with two attached hydrogens (primary N) is 1. The van der Waals surface area contributed by atoms with Crippen LogP contribution >= 0.6 is 11.8 Å². The summed E-state index contributed by atoms with van der Waals surface area (Å²) < 4.78 is 28.5. The average molecular weight is 304 g/mol. The van der Waals surface area contributed by atoms with Crippen LogP contribution in [0.3, 0.4) is 0 Å². The normalized spacial score (nSPS) is 20.6. The summed E-state index contributed by atoms with van der Waals surface area (Å²) in [6, 6.07) is 0. The lowest BCUT2D eigenvalue weighted by molar-refractivity contribution is 0.573. The molecule has 0 amide bonds. The minimum Gasteiger partial charge on any atom is -0.381 e. The minimum atomic E-state index is -3.55.